The minimum Gasteiger partial charge on any atom is -0.482 e. The number of hydrogen-bond acceptors (Lipinski definition) is 4. The van der Waals surface area contributed by atoms with E-state index in [-0.39, 0.29) is 18.4 Å². The van der Waals surface area contributed by atoms with Gasteiger partial charge < -0.3 is 15.0 Å². The summed E-state index contributed by atoms with van der Waals surface area (Å²) in [5.74, 6) is 0.243. The summed E-state index contributed by atoms with van der Waals surface area (Å²) in [7, 11) is 0. The van der Waals surface area contributed by atoms with Gasteiger partial charge in [-0.05, 0) is 37.3 Å². The van der Waals surface area contributed by atoms with Crippen LogP contribution in [-0.4, -0.2) is 29.9 Å². The molecule has 2 aromatic rings. The van der Waals surface area contributed by atoms with E-state index in [0.717, 1.165) is 4.88 Å². The number of fused-ring (bicyclic) bond motifs is 1. The standard InChI is InChI=1S/C16H15ClN2O3S/c1-2-19(8-11-4-6-14(17)23-11)16(21)10-3-5-12-13(7-10)22-9-15(20)18-12/h3-7H,2,8-9H2,1H3,(H,18,20). The van der Waals surface area contributed by atoms with Gasteiger partial charge in [-0.25, -0.2) is 0 Å². The number of thiophene rings is 1. The number of hydrogen-bond donors (Lipinski definition) is 1. The lowest BCUT2D eigenvalue weighted by Crippen LogP contribution is -2.30. The predicted octanol–water partition coefficient (Wildman–Crippen LogP) is 3.39. The Kier molecular flexibility index (Phi) is 4.54. The lowest BCUT2D eigenvalue weighted by atomic mass is 10.1. The molecule has 23 heavy (non-hydrogen) atoms. The zero-order chi connectivity index (χ0) is 16.4. The summed E-state index contributed by atoms with van der Waals surface area (Å²) in [6.07, 6.45) is 0. The number of benzene rings is 1. The molecule has 1 N–H and O–H groups in total. The first-order valence-electron chi connectivity index (χ1n) is 7.17. The molecule has 0 fully saturated rings. The molecule has 1 aromatic heterocycles. The number of ether oxygens (including phenoxy) is 1. The molecule has 0 radical (unpaired) electrons. The summed E-state index contributed by atoms with van der Waals surface area (Å²) in [6, 6.07) is 8.81. The Morgan fingerprint density at radius 2 is 2.22 bits per heavy atom. The number of anilines is 1. The summed E-state index contributed by atoms with van der Waals surface area (Å²) < 4.78 is 6.07. The van der Waals surface area contributed by atoms with Gasteiger partial charge in [0.15, 0.2) is 6.61 Å². The van der Waals surface area contributed by atoms with Crippen molar-refractivity contribution in [2.45, 2.75) is 13.5 Å². The third-order valence-electron chi connectivity index (χ3n) is 3.51. The number of halogens is 1. The Labute approximate surface area is 142 Å². The number of nitrogens with one attached hydrogen (secondary N) is 1. The average Bonchev–Trinajstić information content (AvgIpc) is 2.96. The second-order valence-electron chi connectivity index (χ2n) is 5.07. The Balaban J connectivity index is 1.79. The molecule has 2 amide bonds. The van der Waals surface area contributed by atoms with Gasteiger partial charge in [-0.1, -0.05) is 11.6 Å². The molecule has 7 heteroatoms. The molecule has 0 atom stereocenters. The van der Waals surface area contributed by atoms with E-state index in [1.807, 2.05) is 19.1 Å². The SMILES string of the molecule is CCN(Cc1ccc(Cl)s1)C(=O)c1ccc2c(c1)OCC(=O)N2. The quantitative estimate of drug-likeness (QED) is 0.919. The highest BCUT2D eigenvalue weighted by Crippen LogP contribution is 2.29. The first-order chi connectivity index (χ1) is 11.1. The van der Waals surface area contributed by atoms with Crippen molar-refractivity contribution in [2.24, 2.45) is 0 Å². The Morgan fingerprint density at radius 1 is 1.39 bits per heavy atom. The number of rotatable bonds is 4. The van der Waals surface area contributed by atoms with Crippen LogP contribution in [0.25, 0.3) is 0 Å². The molecular weight excluding hydrogens is 336 g/mol. The predicted molar refractivity (Wildman–Crippen MR) is 90.3 cm³/mol. The van der Waals surface area contributed by atoms with Crippen molar-refractivity contribution >= 4 is 40.4 Å². The van der Waals surface area contributed by atoms with Crippen LogP contribution in [0.5, 0.6) is 5.75 Å². The fourth-order valence-corrected chi connectivity index (χ4v) is 3.45. The van der Waals surface area contributed by atoms with Crippen LogP contribution in [0.15, 0.2) is 30.3 Å². The van der Waals surface area contributed by atoms with Crippen LogP contribution >= 0.6 is 22.9 Å². The van der Waals surface area contributed by atoms with Crippen LogP contribution in [0.1, 0.15) is 22.2 Å². The van der Waals surface area contributed by atoms with Crippen LogP contribution in [-0.2, 0) is 11.3 Å². The summed E-state index contributed by atoms with van der Waals surface area (Å²) in [5, 5.41) is 2.71. The van der Waals surface area contributed by atoms with Crippen molar-refractivity contribution in [1.29, 1.82) is 0 Å². The van der Waals surface area contributed by atoms with Gasteiger partial charge in [0.05, 0.1) is 16.6 Å². The minimum atomic E-state index is -0.193. The van der Waals surface area contributed by atoms with Crippen molar-refractivity contribution < 1.29 is 14.3 Å². The van der Waals surface area contributed by atoms with E-state index in [1.54, 1.807) is 23.1 Å². The Bertz CT molecular complexity index is 760. The molecule has 120 valence electrons. The van der Waals surface area contributed by atoms with Crippen molar-refractivity contribution in [3.63, 3.8) is 0 Å². The van der Waals surface area contributed by atoms with Crippen molar-refractivity contribution in [1.82, 2.24) is 4.90 Å². The number of carbonyl (C=O) groups is 2. The third kappa shape index (κ3) is 3.48. The maximum Gasteiger partial charge on any atom is 0.262 e. The fourth-order valence-electron chi connectivity index (χ4n) is 2.34. The summed E-state index contributed by atoms with van der Waals surface area (Å²) in [4.78, 5) is 26.8. The zero-order valence-corrected chi connectivity index (χ0v) is 14.0. The van der Waals surface area contributed by atoms with Crippen molar-refractivity contribution in [3.8, 4) is 5.75 Å². The van der Waals surface area contributed by atoms with Crippen LogP contribution in [0, 0.1) is 0 Å². The van der Waals surface area contributed by atoms with Crippen LogP contribution in [0.4, 0.5) is 5.69 Å². The molecule has 0 unspecified atom stereocenters. The number of amides is 2. The Morgan fingerprint density at radius 3 is 2.91 bits per heavy atom. The second kappa shape index (κ2) is 6.60. The van der Waals surface area contributed by atoms with Gasteiger partial charge in [0.1, 0.15) is 5.75 Å². The second-order valence-corrected chi connectivity index (χ2v) is 6.87. The topological polar surface area (TPSA) is 58.6 Å². The largest absolute Gasteiger partial charge is 0.482 e. The van der Waals surface area contributed by atoms with Crippen LogP contribution < -0.4 is 10.1 Å². The monoisotopic (exact) mass is 350 g/mol. The lowest BCUT2D eigenvalue weighted by Gasteiger charge is -2.22. The van der Waals surface area contributed by atoms with Gasteiger partial charge in [0.2, 0.25) is 0 Å². The fraction of sp³-hybridized carbons (Fsp3) is 0.250. The molecule has 0 saturated carbocycles. The van der Waals surface area contributed by atoms with E-state index in [9.17, 15) is 9.59 Å². The van der Waals surface area contributed by atoms with Gasteiger partial charge in [-0.3, -0.25) is 9.59 Å². The molecule has 1 aliphatic rings. The van der Waals surface area contributed by atoms with E-state index in [1.165, 1.54) is 11.3 Å². The number of carbonyl (C=O) groups excluding carboxylic acids is 2. The molecule has 0 spiro atoms. The van der Waals surface area contributed by atoms with Gasteiger partial charge in [0.25, 0.3) is 11.8 Å². The van der Waals surface area contributed by atoms with E-state index in [0.29, 0.717) is 34.4 Å². The summed E-state index contributed by atoms with van der Waals surface area (Å²) >= 11 is 7.41. The molecule has 1 aliphatic heterocycles. The molecule has 1 aromatic carbocycles. The molecule has 5 nitrogen and oxygen atoms in total. The normalized spacial score (nSPS) is 13.0. The minimum absolute atomic E-state index is 0.0319. The van der Waals surface area contributed by atoms with Gasteiger partial charge >= 0.3 is 0 Å². The van der Waals surface area contributed by atoms with E-state index in [2.05, 4.69) is 5.32 Å². The smallest absolute Gasteiger partial charge is 0.262 e. The highest BCUT2D eigenvalue weighted by atomic mass is 35.5. The van der Waals surface area contributed by atoms with Crippen LogP contribution in [0.3, 0.4) is 0 Å². The van der Waals surface area contributed by atoms with Gasteiger partial charge in [-0.2, -0.15) is 0 Å². The molecule has 0 bridgehead atoms. The molecule has 3 rings (SSSR count). The van der Waals surface area contributed by atoms with E-state index in [4.69, 9.17) is 16.3 Å². The highest BCUT2D eigenvalue weighted by Gasteiger charge is 2.20. The Hall–Kier alpha value is -2.05. The van der Waals surface area contributed by atoms with Gasteiger partial charge in [-0.15, -0.1) is 11.3 Å². The van der Waals surface area contributed by atoms with Crippen molar-refractivity contribution in [3.05, 3.63) is 45.1 Å². The van der Waals surface area contributed by atoms with E-state index >= 15 is 0 Å². The first-order valence-corrected chi connectivity index (χ1v) is 8.36. The first kappa shape index (κ1) is 15.8. The number of nitrogens with zero attached hydrogens (tertiary/aromatic N) is 1. The molecule has 0 saturated heterocycles. The lowest BCUT2D eigenvalue weighted by molar-refractivity contribution is -0.118. The zero-order valence-electron chi connectivity index (χ0n) is 12.5. The third-order valence-corrected chi connectivity index (χ3v) is 4.72. The maximum absolute atomic E-state index is 12.7. The summed E-state index contributed by atoms with van der Waals surface area (Å²) in [5.41, 5.74) is 1.12. The molecule has 2 heterocycles. The maximum atomic E-state index is 12.7. The van der Waals surface area contributed by atoms with Crippen LogP contribution in [0.2, 0.25) is 4.34 Å². The molecular formula is C16H15ClN2O3S. The van der Waals surface area contributed by atoms with Gasteiger partial charge in [0, 0.05) is 17.0 Å². The highest BCUT2D eigenvalue weighted by molar-refractivity contribution is 7.16. The average molecular weight is 351 g/mol. The summed E-state index contributed by atoms with van der Waals surface area (Å²) in [6.45, 7) is 3.00. The van der Waals surface area contributed by atoms with Crippen molar-refractivity contribution in [2.75, 3.05) is 18.5 Å². The molecule has 0 aliphatic carbocycles. The van der Waals surface area contributed by atoms with E-state index < -0.39 is 0 Å².